The van der Waals surface area contributed by atoms with E-state index in [1.165, 1.54) is 0 Å². The van der Waals surface area contributed by atoms with Crippen LogP contribution in [-0.2, 0) is 19.0 Å². The van der Waals surface area contributed by atoms with Crippen LogP contribution < -0.4 is 0 Å². The molecular weight excluding hydrogens is 216 g/mol. The van der Waals surface area contributed by atoms with Gasteiger partial charge in [-0.1, -0.05) is 0 Å². The average Bonchev–Trinajstić information content (AvgIpc) is 2.69. The van der Waals surface area contributed by atoms with E-state index in [2.05, 4.69) is 0 Å². The predicted molar refractivity (Wildman–Crippen MR) is 56.3 cm³/mol. The van der Waals surface area contributed by atoms with Crippen molar-refractivity contribution in [1.29, 1.82) is 0 Å². The van der Waals surface area contributed by atoms with E-state index >= 15 is 0 Å². The van der Waals surface area contributed by atoms with Crippen LogP contribution in [0.25, 0.3) is 0 Å². The van der Waals surface area contributed by atoms with Gasteiger partial charge in [0.05, 0.1) is 12.0 Å². The van der Waals surface area contributed by atoms with Crippen molar-refractivity contribution < 1.29 is 19.0 Å². The van der Waals surface area contributed by atoms with Crippen LogP contribution in [0.5, 0.6) is 0 Å². The summed E-state index contributed by atoms with van der Waals surface area (Å²) in [4.78, 5) is 11.6. The highest BCUT2D eigenvalue weighted by atomic mass is 32.1. The molecule has 0 N–H and O–H groups in total. The minimum atomic E-state index is -0.399. The molecule has 0 unspecified atom stereocenters. The smallest absolute Gasteiger partial charge is 0.352 e. The minimum Gasteiger partial charge on any atom is -0.466 e. The van der Waals surface area contributed by atoms with Gasteiger partial charge in [-0.2, -0.15) is 0 Å². The second-order valence-electron chi connectivity index (χ2n) is 4.17. The van der Waals surface area contributed by atoms with Crippen LogP contribution in [0, 0.1) is 11.3 Å². The summed E-state index contributed by atoms with van der Waals surface area (Å²) in [6, 6.07) is 0. The van der Waals surface area contributed by atoms with Gasteiger partial charge in [0.2, 0.25) is 0 Å². The molecule has 0 amide bonds. The summed E-state index contributed by atoms with van der Waals surface area (Å²) in [5, 5.41) is 0.193. The van der Waals surface area contributed by atoms with Gasteiger partial charge in [-0.3, -0.25) is 4.79 Å². The Morgan fingerprint density at radius 3 is 3.00 bits per heavy atom. The molecule has 2 fully saturated rings. The largest absolute Gasteiger partial charge is 0.466 e. The summed E-state index contributed by atoms with van der Waals surface area (Å²) < 4.78 is 15.4. The van der Waals surface area contributed by atoms with E-state index < -0.39 is 5.41 Å². The molecule has 2 rings (SSSR count). The molecule has 3 atom stereocenters. The molecule has 0 bridgehead atoms. The van der Waals surface area contributed by atoms with Crippen molar-refractivity contribution in [3.05, 3.63) is 0 Å². The fourth-order valence-electron chi connectivity index (χ4n) is 2.01. The fourth-order valence-corrected chi connectivity index (χ4v) is 2.20. The van der Waals surface area contributed by atoms with Gasteiger partial charge in [-0.25, -0.2) is 0 Å². The first kappa shape index (κ1) is 10.7. The number of ether oxygens (including phenoxy) is 3. The quantitative estimate of drug-likeness (QED) is 0.540. The Kier molecular flexibility index (Phi) is 2.58. The maximum Gasteiger partial charge on any atom is 0.352 e. The molecule has 1 heterocycles. The van der Waals surface area contributed by atoms with Crippen LogP contribution in [0.4, 0.5) is 0 Å². The van der Waals surface area contributed by atoms with Crippen molar-refractivity contribution in [3.8, 4) is 0 Å². The molecule has 5 heteroatoms. The molecule has 0 aromatic rings. The van der Waals surface area contributed by atoms with E-state index in [-0.39, 0.29) is 23.2 Å². The Labute approximate surface area is 93.9 Å². The Hall–Kier alpha value is -0.840. The highest BCUT2D eigenvalue weighted by Crippen LogP contribution is 2.56. The Morgan fingerprint density at radius 1 is 1.73 bits per heavy atom. The number of hydrogen-bond donors (Lipinski definition) is 0. The third-order valence-corrected chi connectivity index (χ3v) is 3.32. The zero-order valence-corrected chi connectivity index (χ0v) is 9.63. The van der Waals surface area contributed by atoms with Gasteiger partial charge >= 0.3 is 11.2 Å². The number of carbonyl (C=O) groups excluding carboxylic acids is 1. The Balaban J connectivity index is 1.93. The molecule has 0 spiro atoms. The van der Waals surface area contributed by atoms with E-state index in [4.69, 9.17) is 26.4 Å². The van der Waals surface area contributed by atoms with Crippen molar-refractivity contribution in [2.45, 2.75) is 26.4 Å². The van der Waals surface area contributed by atoms with E-state index in [9.17, 15) is 4.79 Å². The second-order valence-corrected chi connectivity index (χ2v) is 4.50. The molecule has 2 aliphatic rings. The number of hydrogen-bond acceptors (Lipinski definition) is 5. The van der Waals surface area contributed by atoms with E-state index in [1.54, 1.807) is 0 Å². The van der Waals surface area contributed by atoms with Crippen LogP contribution in [0.2, 0.25) is 0 Å². The monoisotopic (exact) mass is 230 g/mol. The van der Waals surface area contributed by atoms with Crippen molar-refractivity contribution in [2.75, 3.05) is 13.2 Å². The summed E-state index contributed by atoms with van der Waals surface area (Å²) in [6.45, 7) is 4.59. The van der Waals surface area contributed by atoms with Crippen LogP contribution in [0.3, 0.4) is 0 Å². The van der Waals surface area contributed by atoms with Crippen LogP contribution in [0.15, 0.2) is 0 Å². The predicted octanol–water partition coefficient (Wildman–Crippen LogP) is 1.28. The fraction of sp³-hybridized carbons (Fsp3) is 0.800. The van der Waals surface area contributed by atoms with E-state index in [0.29, 0.717) is 13.2 Å². The maximum atomic E-state index is 11.6. The number of rotatable bonds is 3. The second kappa shape index (κ2) is 3.63. The summed E-state index contributed by atoms with van der Waals surface area (Å²) in [5.74, 6) is 0.0356. The molecule has 1 saturated carbocycles. The normalized spacial score (nSPS) is 38.1. The van der Waals surface area contributed by atoms with Gasteiger partial charge in [-0.15, -0.1) is 0 Å². The summed E-state index contributed by atoms with van der Waals surface area (Å²) in [7, 11) is 0. The molecule has 4 nitrogen and oxygen atoms in total. The maximum absolute atomic E-state index is 11.6. The van der Waals surface area contributed by atoms with Gasteiger partial charge in [0.25, 0.3) is 0 Å². The number of thiocarbonyl (C=S) groups is 1. The zero-order valence-electron chi connectivity index (χ0n) is 8.82. The highest BCUT2D eigenvalue weighted by Gasteiger charge is 2.62. The lowest BCUT2D eigenvalue weighted by atomic mass is 10.0. The molecule has 1 saturated heterocycles. The summed E-state index contributed by atoms with van der Waals surface area (Å²) in [6.07, 6.45) is 0.717. The first-order chi connectivity index (χ1) is 7.08. The lowest BCUT2D eigenvalue weighted by Crippen LogP contribution is -2.24. The van der Waals surface area contributed by atoms with Crippen molar-refractivity contribution in [3.63, 3.8) is 0 Å². The topological polar surface area (TPSA) is 44.8 Å². The molecule has 1 aliphatic heterocycles. The molecule has 0 aromatic carbocycles. The lowest BCUT2D eigenvalue weighted by Gasteiger charge is -2.12. The Morgan fingerprint density at radius 2 is 2.47 bits per heavy atom. The summed E-state index contributed by atoms with van der Waals surface area (Å²) >= 11 is 4.77. The van der Waals surface area contributed by atoms with Gasteiger partial charge < -0.3 is 14.2 Å². The SMILES string of the molecule is CCOC(=O)[C@]1(C)C[C@H]1[C@H]1COC(=S)O1. The van der Waals surface area contributed by atoms with Crippen molar-refractivity contribution in [1.82, 2.24) is 0 Å². The van der Waals surface area contributed by atoms with Gasteiger partial charge in [0.1, 0.15) is 12.7 Å². The van der Waals surface area contributed by atoms with Crippen LogP contribution in [0.1, 0.15) is 20.3 Å². The Bertz CT molecular complexity index is 304. The molecule has 0 aromatic heterocycles. The third-order valence-electron chi connectivity index (χ3n) is 3.11. The molecule has 0 radical (unpaired) electrons. The van der Waals surface area contributed by atoms with Crippen molar-refractivity contribution >= 4 is 23.4 Å². The van der Waals surface area contributed by atoms with Gasteiger partial charge in [0, 0.05) is 18.1 Å². The number of carbonyl (C=O) groups is 1. The first-order valence-corrected chi connectivity index (χ1v) is 5.49. The lowest BCUT2D eigenvalue weighted by molar-refractivity contribution is -0.150. The standard InChI is InChI=1S/C10H14O4S/c1-3-12-8(11)10(2)4-6(10)7-5-13-9(15)14-7/h6-7H,3-5H2,1-2H3/t6-,7+,10+/m0/s1. The minimum absolute atomic E-state index is 0.0769. The zero-order chi connectivity index (χ0) is 11.1. The van der Waals surface area contributed by atoms with Crippen molar-refractivity contribution in [2.24, 2.45) is 11.3 Å². The average molecular weight is 230 g/mol. The van der Waals surface area contributed by atoms with Gasteiger partial charge in [-0.05, 0) is 20.3 Å². The number of esters is 1. The van der Waals surface area contributed by atoms with Crippen LogP contribution >= 0.6 is 12.2 Å². The van der Waals surface area contributed by atoms with E-state index in [1.807, 2.05) is 13.8 Å². The highest BCUT2D eigenvalue weighted by molar-refractivity contribution is 7.79. The first-order valence-electron chi connectivity index (χ1n) is 5.08. The molecule has 1 aliphatic carbocycles. The van der Waals surface area contributed by atoms with Crippen LogP contribution in [-0.4, -0.2) is 30.5 Å². The van der Waals surface area contributed by atoms with Gasteiger partial charge in [0.15, 0.2) is 0 Å². The third kappa shape index (κ3) is 1.80. The molecule has 15 heavy (non-hydrogen) atoms. The molecular formula is C10H14O4S. The van der Waals surface area contributed by atoms with E-state index in [0.717, 1.165) is 6.42 Å². The molecule has 84 valence electrons. The summed E-state index contributed by atoms with van der Waals surface area (Å²) in [5.41, 5.74) is -0.399.